The van der Waals surface area contributed by atoms with E-state index in [1.165, 1.54) is 25.8 Å². The summed E-state index contributed by atoms with van der Waals surface area (Å²) in [5, 5.41) is 0.389. The Morgan fingerprint density at radius 1 is 1.00 bits per heavy atom. The molecular formula is C12H15N3O3. The molecule has 0 aliphatic heterocycles. The van der Waals surface area contributed by atoms with Crippen molar-refractivity contribution in [3.8, 4) is 0 Å². The van der Waals surface area contributed by atoms with Gasteiger partial charge in [-0.05, 0) is 19.9 Å². The molecule has 2 aromatic heterocycles. The van der Waals surface area contributed by atoms with Crippen molar-refractivity contribution < 1.29 is 0 Å². The third kappa shape index (κ3) is 1.53. The minimum atomic E-state index is -0.376. The van der Waals surface area contributed by atoms with Crippen molar-refractivity contribution in [3.63, 3.8) is 0 Å². The standard InChI is InChI=1S/C12H15N3O3/c1-4-14-10-8(6-7-9(16)13(10)3)11(17)15(5-2)12(14)18/h6-7H,4-5H2,1-3H3. The molecule has 0 saturated heterocycles. The molecule has 18 heavy (non-hydrogen) atoms. The predicted molar refractivity (Wildman–Crippen MR) is 69.1 cm³/mol. The first-order valence-corrected chi connectivity index (χ1v) is 5.86. The Kier molecular flexibility index (Phi) is 2.94. The summed E-state index contributed by atoms with van der Waals surface area (Å²) in [6.07, 6.45) is 0. The van der Waals surface area contributed by atoms with Crippen LogP contribution in [0.3, 0.4) is 0 Å². The van der Waals surface area contributed by atoms with E-state index in [2.05, 4.69) is 0 Å². The molecule has 0 bridgehead atoms. The predicted octanol–water partition coefficient (Wildman–Crippen LogP) is -0.0983. The zero-order chi connectivity index (χ0) is 13.4. The van der Waals surface area contributed by atoms with Gasteiger partial charge in [0.05, 0.1) is 5.39 Å². The van der Waals surface area contributed by atoms with Gasteiger partial charge in [0.2, 0.25) is 0 Å². The fourth-order valence-corrected chi connectivity index (χ4v) is 2.15. The molecular weight excluding hydrogens is 234 g/mol. The van der Waals surface area contributed by atoms with Gasteiger partial charge in [-0.1, -0.05) is 0 Å². The first-order chi connectivity index (χ1) is 8.52. The second kappa shape index (κ2) is 4.29. The topological polar surface area (TPSA) is 66.0 Å². The molecule has 0 fully saturated rings. The van der Waals surface area contributed by atoms with Crippen LogP contribution in [-0.4, -0.2) is 13.7 Å². The molecule has 2 aromatic rings. The van der Waals surface area contributed by atoms with Crippen molar-refractivity contribution in [3.05, 3.63) is 43.3 Å². The summed E-state index contributed by atoms with van der Waals surface area (Å²) in [6.45, 7) is 4.28. The summed E-state index contributed by atoms with van der Waals surface area (Å²) in [4.78, 5) is 35.9. The van der Waals surface area contributed by atoms with Crippen molar-refractivity contribution in [1.29, 1.82) is 0 Å². The Morgan fingerprint density at radius 3 is 2.17 bits per heavy atom. The van der Waals surface area contributed by atoms with Crippen LogP contribution in [0.4, 0.5) is 0 Å². The first-order valence-electron chi connectivity index (χ1n) is 5.86. The number of fused-ring (bicyclic) bond motifs is 1. The Balaban J connectivity index is 3.20. The largest absolute Gasteiger partial charge is 0.332 e. The molecule has 0 spiro atoms. The van der Waals surface area contributed by atoms with Crippen LogP contribution < -0.4 is 16.8 Å². The van der Waals surface area contributed by atoms with Gasteiger partial charge >= 0.3 is 5.69 Å². The Bertz CT molecular complexity index is 780. The molecule has 0 amide bonds. The molecule has 0 aliphatic rings. The van der Waals surface area contributed by atoms with Gasteiger partial charge in [-0.3, -0.25) is 23.3 Å². The van der Waals surface area contributed by atoms with Crippen LogP contribution in [0.5, 0.6) is 0 Å². The summed E-state index contributed by atoms with van der Waals surface area (Å²) < 4.78 is 3.96. The van der Waals surface area contributed by atoms with E-state index in [-0.39, 0.29) is 16.8 Å². The molecule has 6 nitrogen and oxygen atoms in total. The lowest BCUT2D eigenvalue weighted by molar-refractivity contribution is 0.596. The smallest absolute Gasteiger partial charge is 0.297 e. The molecule has 0 aromatic carbocycles. The van der Waals surface area contributed by atoms with E-state index >= 15 is 0 Å². The average molecular weight is 249 g/mol. The fraction of sp³-hybridized carbons (Fsp3) is 0.417. The van der Waals surface area contributed by atoms with Gasteiger partial charge in [0.1, 0.15) is 5.65 Å². The normalized spacial score (nSPS) is 11.1. The molecule has 0 unspecified atom stereocenters. The van der Waals surface area contributed by atoms with E-state index < -0.39 is 0 Å². The maximum absolute atomic E-state index is 12.1. The fourth-order valence-electron chi connectivity index (χ4n) is 2.15. The van der Waals surface area contributed by atoms with Gasteiger partial charge in [-0.15, -0.1) is 0 Å². The highest BCUT2D eigenvalue weighted by Crippen LogP contribution is 2.04. The Morgan fingerprint density at radius 2 is 1.61 bits per heavy atom. The van der Waals surface area contributed by atoms with Gasteiger partial charge in [0.15, 0.2) is 0 Å². The van der Waals surface area contributed by atoms with Crippen LogP contribution in [0.1, 0.15) is 13.8 Å². The highest BCUT2D eigenvalue weighted by molar-refractivity contribution is 5.74. The lowest BCUT2D eigenvalue weighted by Crippen LogP contribution is -2.41. The number of nitrogens with zero attached hydrogens (tertiary/aromatic N) is 3. The molecule has 2 heterocycles. The summed E-state index contributed by atoms with van der Waals surface area (Å²) in [5.41, 5.74) is -0.584. The second-order valence-corrected chi connectivity index (χ2v) is 4.04. The minimum Gasteiger partial charge on any atom is -0.297 e. The Hall–Kier alpha value is -2.11. The highest BCUT2D eigenvalue weighted by Gasteiger charge is 2.13. The van der Waals surface area contributed by atoms with Gasteiger partial charge < -0.3 is 0 Å². The van der Waals surface area contributed by atoms with Crippen LogP contribution in [0.15, 0.2) is 26.5 Å². The van der Waals surface area contributed by atoms with Gasteiger partial charge in [0, 0.05) is 26.2 Å². The molecule has 2 rings (SSSR count). The number of aryl methyl sites for hydroxylation is 2. The van der Waals surface area contributed by atoms with Gasteiger partial charge in [0.25, 0.3) is 11.1 Å². The summed E-state index contributed by atoms with van der Waals surface area (Å²) in [5.74, 6) is 0. The average Bonchev–Trinajstić information content (AvgIpc) is 2.35. The van der Waals surface area contributed by atoms with Crippen LogP contribution >= 0.6 is 0 Å². The van der Waals surface area contributed by atoms with Crippen LogP contribution in [0.25, 0.3) is 11.0 Å². The van der Waals surface area contributed by atoms with E-state index in [1.807, 2.05) is 6.92 Å². The number of rotatable bonds is 2. The van der Waals surface area contributed by atoms with Crippen LogP contribution in [0.2, 0.25) is 0 Å². The summed E-state index contributed by atoms with van der Waals surface area (Å²) in [6, 6.07) is 2.83. The van der Waals surface area contributed by atoms with Crippen molar-refractivity contribution in [2.24, 2.45) is 7.05 Å². The SMILES string of the molecule is CCn1c(=O)c2ccc(=O)n(C)c2n(CC)c1=O. The van der Waals surface area contributed by atoms with Crippen LogP contribution in [-0.2, 0) is 20.1 Å². The van der Waals surface area contributed by atoms with E-state index in [9.17, 15) is 14.4 Å². The van der Waals surface area contributed by atoms with E-state index in [0.717, 1.165) is 0 Å². The molecule has 0 radical (unpaired) electrons. The van der Waals surface area contributed by atoms with Gasteiger partial charge in [-0.2, -0.15) is 0 Å². The first kappa shape index (κ1) is 12.3. The second-order valence-electron chi connectivity index (χ2n) is 4.04. The maximum atomic E-state index is 12.1. The highest BCUT2D eigenvalue weighted by atomic mass is 16.2. The summed E-state index contributed by atoms with van der Waals surface area (Å²) in [7, 11) is 1.56. The summed E-state index contributed by atoms with van der Waals surface area (Å²) >= 11 is 0. The van der Waals surface area contributed by atoms with Gasteiger partial charge in [-0.25, -0.2) is 4.79 Å². The zero-order valence-corrected chi connectivity index (χ0v) is 10.6. The molecule has 0 N–H and O–H groups in total. The third-order valence-corrected chi connectivity index (χ3v) is 3.11. The van der Waals surface area contributed by atoms with Crippen molar-refractivity contribution in [1.82, 2.24) is 13.7 Å². The quantitative estimate of drug-likeness (QED) is 0.746. The number of pyridine rings is 1. The van der Waals surface area contributed by atoms with E-state index in [0.29, 0.717) is 24.1 Å². The molecule has 96 valence electrons. The molecule has 0 saturated carbocycles. The lowest BCUT2D eigenvalue weighted by Gasteiger charge is -2.13. The monoisotopic (exact) mass is 249 g/mol. The molecule has 6 heteroatoms. The molecule has 0 atom stereocenters. The van der Waals surface area contributed by atoms with Crippen LogP contribution in [0, 0.1) is 0 Å². The Labute approximate surface area is 103 Å². The number of hydrogen-bond donors (Lipinski definition) is 0. The minimum absolute atomic E-state index is 0.238. The number of hydrogen-bond acceptors (Lipinski definition) is 3. The number of aromatic nitrogens is 3. The lowest BCUT2D eigenvalue weighted by atomic mass is 10.3. The third-order valence-electron chi connectivity index (χ3n) is 3.11. The maximum Gasteiger partial charge on any atom is 0.332 e. The van der Waals surface area contributed by atoms with E-state index in [1.54, 1.807) is 14.0 Å². The van der Waals surface area contributed by atoms with Crippen molar-refractivity contribution in [2.75, 3.05) is 0 Å². The molecule has 0 aliphatic carbocycles. The van der Waals surface area contributed by atoms with E-state index in [4.69, 9.17) is 0 Å². The van der Waals surface area contributed by atoms with Crippen molar-refractivity contribution in [2.45, 2.75) is 26.9 Å². The van der Waals surface area contributed by atoms with Crippen molar-refractivity contribution >= 4 is 11.0 Å². The zero-order valence-electron chi connectivity index (χ0n) is 10.6.